The zero-order valence-corrected chi connectivity index (χ0v) is 21.3. The Morgan fingerprint density at radius 1 is 0.763 bits per heavy atom. The molecule has 2 aromatic carbocycles. The summed E-state index contributed by atoms with van der Waals surface area (Å²) in [7, 11) is 0. The summed E-state index contributed by atoms with van der Waals surface area (Å²) in [5, 5.41) is 25.7. The first-order valence-corrected chi connectivity index (χ1v) is 13.0. The zero-order valence-electron chi connectivity index (χ0n) is 21.3. The van der Waals surface area contributed by atoms with E-state index >= 15 is 0 Å². The van der Waals surface area contributed by atoms with Gasteiger partial charge in [0.15, 0.2) is 5.79 Å². The summed E-state index contributed by atoms with van der Waals surface area (Å²) in [5.41, 5.74) is 1.64. The predicted molar refractivity (Wildman–Crippen MR) is 137 cm³/mol. The van der Waals surface area contributed by atoms with Crippen molar-refractivity contribution in [3.8, 4) is 0 Å². The first-order valence-electron chi connectivity index (χ1n) is 13.0. The molecule has 1 aliphatic carbocycles. The van der Waals surface area contributed by atoms with Crippen molar-refractivity contribution in [1.29, 1.82) is 0 Å². The Morgan fingerprint density at radius 2 is 1.18 bits per heavy atom. The van der Waals surface area contributed by atoms with Gasteiger partial charge in [-0.05, 0) is 24.0 Å². The van der Waals surface area contributed by atoms with Crippen LogP contribution in [-0.2, 0) is 32.2 Å². The summed E-state index contributed by atoms with van der Waals surface area (Å²) < 4.78 is 23.4. The molecule has 1 spiro atoms. The van der Waals surface area contributed by atoms with Crippen molar-refractivity contribution in [3.63, 3.8) is 0 Å². The van der Waals surface area contributed by atoms with Gasteiger partial charge in [-0.2, -0.15) is 0 Å². The topological polar surface area (TPSA) is 136 Å². The summed E-state index contributed by atoms with van der Waals surface area (Å²) in [6, 6.07) is 16.7. The molecule has 2 aromatic rings. The molecule has 4 atom stereocenters. The fraction of sp³-hybridized carbons (Fsp3) is 0.500. The number of rotatable bonds is 10. The molecule has 38 heavy (non-hydrogen) atoms. The van der Waals surface area contributed by atoms with Crippen molar-refractivity contribution < 1.29 is 38.7 Å². The lowest BCUT2D eigenvalue weighted by molar-refractivity contribution is -0.198. The Bertz CT molecular complexity index is 941. The number of hydrogen-bond acceptors (Lipinski definition) is 8. The van der Waals surface area contributed by atoms with Gasteiger partial charge in [-0.15, -0.1) is 0 Å². The van der Waals surface area contributed by atoms with E-state index in [2.05, 4.69) is 10.6 Å². The van der Waals surface area contributed by atoms with Crippen LogP contribution in [0.1, 0.15) is 43.2 Å². The Morgan fingerprint density at radius 3 is 1.58 bits per heavy atom. The van der Waals surface area contributed by atoms with E-state index in [-0.39, 0.29) is 13.2 Å². The van der Waals surface area contributed by atoms with E-state index in [1.54, 1.807) is 0 Å². The van der Waals surface area contributed by atoms with Crippen LogP contribution in [0.25, 0.3) is 0 Å². The summed E-state index contributed by atoms with van der Waals surface area (Å²) in [6.07, 6.45) is 0.942. The van der Waals surface area contributed by atoms with Crippen LogP contribution in [0.3, 0.4) is 0 Å². The van der Waals surface area contributed by atoms with Gasteiger partial charge < -0.3 is 39.8 Å². The van der Waals surface area contributed by atoms with Gasteiger partial charge >= 0.3 is 12.2 Å². The highest BCUT2D eigenvalue weighted by atomic mass is 16.8. The largest absolute Gasteiger partial charge is 0.445 e. The first-order chi connectivity index (χ1) is 18.5. The number of alkyl carbamates (subject to hydrolysis) is 2. The van der Waals surface area contributed by atoms with E-state index in [0.29, 0.717) is 12.8 Å². The highest BCUT2D eigenvalue weighted by Gasteiger charge is 2.53. The number of aliphatic hydroxyl groups is 2. The molecule has 2 amide bonds. The number of ether oxygens (including phenoxy) is 4. The molecule has 1 saturated heterocycles. The second kappa shape index (κ2) is 13.6. The number of aliphatic hydroxyl groups excluding tert-OH is 2. The van der Waals surface area contributed by atoms with Crippen molar-refractivity contribution in [2.45, 2.75) is 75.4 Å². The molecule has 10 nitrogen and oxygen atoms in total. The fourth-order valence-electron chi connectivity index (χ4n) is 4.90. The molecule has 2 aliphatic rings. The number of hydrogen-bond donors (Lipinski definition) is 4. The first kappa shape index (κ1) is 27.8. The summed E-state index contributed by atoms with van der Waals surface area (Å²) in [6.45, 7) is -0.794. The Labute approximate surface area is 222 Å². The second-order valence-corrected chi connectivity index (χ2v) is 9.63. The van der Waals surface area contributed by atoms with E-state index in [0.717, 1.165) is 30.4 Å². The van der Waals surface area contributed by atoms with Crippen molar-refractivity contribution in [2.24, 2.45) is 0 Å². The zero-order chi connectivity index (χ0) is 26.8. The maximum absolute atomic E-state index is 12.6. The summed E-state index contributed by atoms with van der Waals surface area (Å²) in [5.74, 6) is -0.917. The summed E-state index contributed by atoms with van der Waals surface area (Å²) in [4.78, 5) is 25.1. The van der Waals surface area contributed by atoms with Crippen LogP contribution in [0, 0.1) is 0 Å². The number of amides is 2. The molecule has 0 unspecified atom stereocenters. The standard InChI is InChI=1S/C28H36N2O8/c31-16-22(29-26(33)35-18-20-10-4-1-5-11-20)24-25(38-28(37-24)14-8-3-9-15-28)23(17-32)30-27(34)36-19-21-12-6-2-7-13-21/h1-2,4-7,10-13,22-25,31-32H,3,8-9,14-19H2,(H,29,33)(H,30,34)/t22-,23-,24+,25+/m0/s1. The quantitative estimate of drug-likeness (QED) is 0.370. The molecule has 0 radical (unpaired) electrons. The van der Waals surface area contributed by atoms with Gasteiger partial charge in [0.05, 0.1) is 25.3 Å². The molecule has 2 fully saturated rings. The number of carbonyl (C=O) groups excluding carboxylic acids is 2. The Hall–Kier alpha value is -3.18. The van der Waals surface area contributed by atoms with Gasteiger partial charge in [0.2, 0.25) is 0 Å². The molecule has 1 heterocycles. The van der Waals surface area contributed by atoms with Crippen LogP contribution in [0.5, 0.6) is 0 Å². The normalized spacial score (nSPS) is 21.8. The maximum Gasteiger partial charge on any atom is 0.407 e. The van der Waals surface area contributed by atoms with Gasteiger partial charge in [-0.25, -0.2) is 9.59 Å². The predicted octanol–water partition coefficient (Wildman–Crippen LogP) is 3.01. The van der Waals surface area contributed by atoms with Crippen LogP contribution in [0.15, 0.2) is 60.7 Å². The van der Waals surface area contributed by atoms with Crippen LogP contribution in [0.4, 0.5) is 9.59 Å². The maximum atomic E-state index is 12.6. The molecule has 206 valence electrons. The lowest BCUT2D eigenvalue weighted by Crippen LogP contribution is -2.57. The third kappa shape index (κ3) is 7.44. The highest BCUT2D eigenvalue weighted by molar-refractivity contribution is 5.68. The van der Waals surface area contributed by atoms with Crippen molar-refractivity contribution in [1.82, 2.24) is 10.6 Å². The minimum absolute atomic E-state index is 0.0638. The van der Waals surface area contributed by atoms with E-state index in [9.17, 15) is 19.8 Å². The highest BCUT2D eigenvalue weighted by Crippen LogP contribution is 2.42. The van der Waals surface area contributed by atoms with E-state index in [1.165, 1.54) is 0 Å². The van der Waals surface area contributed by atoms with Crippen molar-refractivity contribution in [3.05, 3.63) is 71.8 Å². The number of benzene rings is 2. The van der Waals surface area contributed by atoms with Crippen LogP contribution >= 0.6 is 0 Å². The number of nitrogens with one attached hydrogen (secondary N) is 2. The van der Waals surface area contributed by atoms with Crippen LogP contribution < -0.4 is 10.6 Å². The monoisotopic (exact) mass is 528 g/mol. The molecule has 4 N–H and O–H groups in total. The minimum atomic E-state index is -0.917. The van der Waals surface area contributed by atoms with E-state index in [4.69, 9.17) is 18.9 Å². The van der Waals surface area contributed by atoms with Crippen molar-refractivity contribution in [2.75, 3.05) is 13.2 Å². The molecular formula is C28H36N2O8. The fourth-order valence-corrected chi connectivity index (χ4v) is 4.90. The Balaban J connectivity index is 1.42. The molecule has 4 rings (SSSR count). The van der Waals surface area contributed by atoms with Gasteiger partial charge in [0.1, 0.15) is 25.4 Å². The van der Waals surface area contributed by atoms with E-state index in [1.807, 2.05) is 60.7 Å². The number of carbonyl (C=O) groups is 2. The average molecular weight is 529 g/mol. The third-order valence-electron chi connectivity index (χ3n) is 6.86. The smallest absolute Gasteiger partial charge is 0.407 e. The van der Waals surface area contributed by atoms with Crippen molar-refractivity contribution >= 4 is 12.2 Å². The second-order valence-electron chi connectivity index (χ2n) is 9.63. The molecular weight excluding hydrogens is 492 g/mol. The SMILES string of the molecule is O=C(N[C@@H](CO)[C@H]1OC2(CCCCC2)O[C@@H]1[C@H](CO)NC(=O)OCc1ccccc1)OCc1ccccc1. The minimum Gasteiger partial charge on any atom is -0.445 e. The van der Waals surface area contributed by atoms with E-state index < -0.39 is 55.5 Å². The Kier molecular flexibility index (Phi) is 9.94. The van der Waals surface area contributed by atoms with Crippen LogP contribution in [0.2, 0.25) is 0 Å². The molecule has 10 heteroatoms. The molecule has 1 aliphatic heterocycles. The lowest BCUT2D eigenvalue weighted by Gasteiger charge is -2.32. The molecule has 0 bridgehead atoms. The summed E-state index contributed by atoms with van der Waals surface area (Å²) >= 11 is 0. The third-order valence-corrected chi connectivity index (χ3v) is 6.86. The van der Waals surface area contributed by atoms with Gasteiger partial charge in [-0.3, -0.25) is 0 Å². The lowest BCUT2D eigenvalue weighted by atomic mass is 9.94. The van der Waals surface area contributed by atoms with Gasteiger partial charge in [-0.1, -0.05) is 67.1 Å². The molecule has 0 aromatic heterocycles. The average Bonchev–Trinajstić information content (AvgIpc) is 3.31. The van der Waals surface area contributed by atoms with Gasteiger partial charge in [0, 0.05) is 12.8 Å². The van der Waals surface area contributed by atoms with Crippen LogP contribution in [-0.4, -0.2) is 65.7 Å². The molecule has 1 saturated carbocycles. The van der Waals surface area contributed by atoms with Gasteiger partial charge in [0.25, 0.3) is 0 Å².